The molecule has 2 atom stereocenters. The van der Waals surface area contributed by atoms with Gasteiger partial charge in [-0.05, 0) is 12.8 Å². The molecule has 0 bridgehead atoms. The third-order valence-electron chi connectivity index (χ3n) is 2.44. The quantitative estimate of drug-likeness (QED) is 0.728. The van der Waals surface area contributed by atoms with Crippen molar-refractivity contribution in [2.45, 2.75) is 31.8 Å². The van der Waals surface area contributed by atoms with E-state index in [9.17, 15) is 0 Å². The Morgan fingerprint density at radius 3 is 3.23 bits per heavy atom. The van der Waals surface area contributed by atoms with Gasteiger partial charge in [-0.25, -0.2) is 0 Å². The van der Waals surface area contributed by atoms with Gasteiger partial charge >= 0.3 is 0 Å². The molecule has 1 saturated heterocycles. The van der Waals surface area contributed by atoms with Crippen LogP contribution in [0.15, 0.2) is 4.99 Å². The minimum atomic E-state index is 0.502. The van der Waals surface area contributed by atoms with Crippen LogP contribution in [-0.4, -0.2) is 36.2 Å². The van der Waals surface area contributed by atoms with E-state index in [4.69, 9.17) is 4.74 Å². The molecule has 0 amide bonds. The molecule has 74 valence electrons. The molecule has 0 aromatic carbocycles. The second-order valence-corrected chi connectivity index (χ2v) is 4.52. The highest BCUT2D eigenvalue weighted by molar-refractivity contribution is 8.14. The van der Waals surface area contributed by atoms with Crippen molar-refractivity contribution in [3.05, 3.63) is 0 Å². The largest absolute Gasteiger partial charge is 0.379 e. The molecule has 2 aliphatic heterocycles. The monoisotopic (exact) mass is 200 g/mol. The summed E-state index contributed by atoms with van der Waals surface area (Å²) in [6.07, 6.45) is 2.27. The van der Waals surface area contributed by atoms with Gasteiger partial charge < -0.3 is 10.1 Å². The molecule has 2 unspecified atom stereocenters. The summed E-state index contributed by atoms with van der Waals surface area (Å²) in [5.74, 6) is 1.15. The number of hydrogen-bond acceptors (Lipinski definition) is 4. The Balaban J connectivity index is 1.81. The summed E-state index contributed by atoms with van der Waals surface area (Å²) in [6.45, 7) is 3.93. The van der Waals surface area contributed by atoms with Crippen molar-refractivity contribution in [2.75, 3.05) is 19.0 Å². The number of nitrogens with one attached hydrogen (secondary N) is 1. The van der Waals surface area contributed by atoms with Crippen LogP contribution in [0.25, 0.3) is 0 Å². The Hall–Kier alpha value is -0.220. The molecule has 3 nitrogen and oxygen atoms in total. The molecule has 1 N–H and O–H groups in total. The highest BCUT2D eigenvalue weighted by Gasteiger charge is 2.21. The normalized spacial score (nSPS) is 33.5. The topological polar surface area (TPSA) is 33.6 Å². The predicted octanol–water partition coefficient (Wildman–Crippen LogP) is 1.25. The lowest BCUT2D eigenvalue weighted by atomic mass is 10.3. The molecular formula is C9H16N2OS. The third-order valence-corrected chi connectivity index (χ3v) is 3.49. The first-order valence-corrected chi connectivity index (χ1v) is 5.92. The lowest BCUT2D eigenvalue weighted by molar-refractivity contribution is 0.192. The maximum Gasteiger partial charge on any atom is 0.157 e. The van der Waals surface area contributed by atoms with Gasteiger partial charge in [0.05, 0.1) is 18.7 Å². The van der Waals surface area contributed by atoms with Gasteiger partial charge in [0.25, 0.3) is 0 Å². The number of amidine groups is 1. The van der Waals surface area contributed by atoms with Gasteiger partial charge in [-0.2, -0.15) is 0 Å². The zero-order valence-corrected chi connectivity index (χ0v) is 8.77. The van der Waals surface area contributed by atoms with Crippen molar-refractivity contribution in [1.82, 2.24) is 5.32 Å². The van der Waals surface area contributed by atoms with Crippen LogP contribution in [0.1, 0.15) is 19.8 Å². The molecule has 0 aromatic heterocycles. The second kappa shape index (κ2) is 4.33. The van der Waals surface area contributed by atoms with Gasteiger partial charge in [-0.1, -0.05) is 18.7 Å². The molecular weight excluding hydrogens is 184 g/mol. The second-order valence-electron chi connectivity index (χ2n) is 3.51. The van der Waals surface area contributed by atoms with Crippen LogP contribution in [0, 0.1) is 0 Å². The summed E-state index contributed by atoms with van der Waals surface area (Å²) in [5, 5.41) is 4.56. The first kappa shape index (κ1) is 9.34. The van der Waals surface area contributed by atoms with Crippen LogP contribution in [0.5, 0.6) is 0 Å². The average Bonchev–Trinajstić information content (AvgIpc) is 2.76. The lowest BCUT2D eigenvalue weighted by Crippen LogP contribution is -2.32. The van der Waals surface area contributed by atoms with Gasteiger partial charge in [-0.15, -0.1) is 0 Å². The van der Waals surface area contributed by atoms with Gasteiger partial charge in [0.1, 0.15) is 0 Å². The fourth-order valence-electron chi connectivity index (χ4n) is 1.53. The highest BCUT2D eigenvalue weighted by Crippen LogP contribution is 2.19. The van der Waals surface area contributed by atoms with Crippen molar-refractivity contribution in [3.8, 4) is 0 Å². The Kier molecular flexibility index (Phi) is 3.11. The Labute approximate surface area is 83.3 Å². The highest BCUT2D eigenvalue weighted by atomic mass is 32.2. The first-order valence-electron chi connectivity index (χ1n) is 4.93. The maximum atomic E-state index is 5.29. The summed E-state index contributed by atoms with van der Waals surface area (Å²) in [7, 11) is 0. The van der Waals surface area contributed by atoms with E-state index >= 15 is 0 Å². The summed E-state index contributed by atoms with van der Waals surface area (Å²) in [5.41, 5.74) is 0. The number of thioether (sulfide) groups is 1. The zero-order chi connectivity index (χ0) is 9.10. The van der Waals surface area contributed by atoms with E-state index in [2.05, 4.69) is 17.2 Å². The Bertz CT molecular complexity index is 202. The van der Waals surface area contributed by atoms with Crippen LogP contribution in [0.4, 0.5) is 0 Å². The van der Waals surface area contributed by atoms with E-state index in [-0.39, 0.29) is 0 Å². The standard InChI is InChI=1S/C9H16N2OS/c1-2-7-6-13-9(10-7)11-8-3-4-12-5-8/h7-8H,2-6H2,1H3,(H,10,11). The number of ether oxygens (including phenoxy) is 1. The van der Waals surface area contributed by atoms with E-state index in [1.165, 1.54) is 0 Å². The van der Waals surface area contributed by atoms with E-state index in [0.29, 0.717) is 12.1 Å². The number of rotatable bonds is 2. The van der Waals surface area contributed by atoms with Crippen LogP contribution >= 0.6 is 11.8 Å². The molecule has 4 heteroatoms. The molecule has 1 fully saturated rings. The number of nitrogens with zero attached hydrogens (tertiary/aromatic N) is 1. The van der Waals surface area contributed by atoms with Crippen LogP contribution in [-0.2, 0) is 4.74 Å². The van der Waals surface area contributed by atoms with Crippen molar-refractivity contribution < 1.29 is 4.74 Å². The lowest BCUT2D eigenvalue weighted by Gasteiger charge is -2.10. The van der Waals surface area contributed by atoms with Crippen molar-refractivity contribution >= 4 is 16.9 Å². The van der Waals surface area contributed by atoms with E-state index in [0.717, 1.165) is 37.0 Å². The molecule has 2 heterocycles. The molecule has 0 saturated carbocycles. The van der Waals surface area contributed by atoms with Gasteiger partial charge in [0, 0.05) is 12.4 Å². The zero-order valence-electron chi connectivity index (χ0n) is 7.95. The molecule has 13 heavy (non-hydrogen) atoms. The number of aliphatic imine (C=N–C) groups is 1. The fourth-order valence-corrected chi connectivity index (χ4v) is 2.66. The van der Waals surface area contributed by atoms with Crippen molar-refractivity contribution in [1.29, 1.82) is 0 Å². The fraction of sp³-hybridized carbons (Fsp3) is 0.889. The molecule has 2 aliphatic rings. The summed E-state index contributed by atoms with van der Waals surface area (Å²) < 4.78 is 5.29. The van der Waals surface area contributed by atoms with E-state index in [1.54, 1.807) is 0 Å². The minimum Gasteiger partial charge on any atom is -0.379 e. The van der Waals surface area contributed by atoms with Gasteiger partial charge in [-0.3, -0.25) is 4.99 Å². The molecule has 0 radical (unpaired) electrons. The average molecular weight is 200 g/mol. The van der Waals surface area contributed by atoms with E-state index < -0.39 is 0 Å². The van der Waals surface area contributed by atoms with Crippen molar-refractivity contribution in [2.24, 2.45) is 4.99 Å². The third kappa shape index (κ3) is 2.38. The maximum absolute atomic E-state index is 5.29. The summed E-state index contributed by atoms with van der Waals surface area (Å²) in [4.78, 5) is 4.58. The minimum absolute atomic E-state index is 0.502. The Morgan fingerprint density at radius 1 is 1.69 bits per heavy atom. The summed E-state index contributed by atoms with van der Waals surface area (Å²) >= 11 is 1.85. The van der Waals surface area contributed by atoms with Crippen molar-refractivity contribution in [3.63, 3.8) is 0 Å². The molecule has 0 spiro atoms. The van der Waals surface area contributed by atoms with E-state index in [1.807, 2.05) is 11.8 Å². The SMILES string of the molecule is CCC1CSC(NC2CCOC2)=N1. The van der Waals surface area contributed by atoms with Gasteiger partial charge in [0.15, 0.2) is 5.17 Å². The molecule has 0 aliphatic carbocycles. The summed E-state index contributed by atoms with van der Waals surface area (Å²) in [6, 6.07) is 1.04. The smallest absolute Gasteiger partial charge is 0.157 e. The van der Waals surface area contributed by atoms with Gasteiger partial charge in [0.2, 0.25) is 0 Å². The molecule has 2 rings (SSSR count). The number of hydrogen-bond donors (Lipinski definition) is 1. The van der Waals surface area contributed by atoms with Crippen LogP contribution < -0.4 is 5.32 Å². The molecule has 0 aromatic rings. The predicted molar refractivity (Wildman–Crippen MR) is 56.3 cm³/mol. The first-order chi connectivity index (χ1) is 6.38. The van der Waals surface area contributed by atoms with Crippen LogP contribution in [0.2, 0.25) is 0 Å². The Morgan fingerprint density at radius 2 is 2.62 bits per heavy atom. The van der Waals surface area contributed by atoms with Crippen LogP contribution in [0.3, 0.4) is 0 Å².